The molecule has 0 spiro atoms. The molecule has 0 aromatic rings. The lowest BCUT2D eigenvalue weighted by Gasteiger charge is -1.95. The van der Waals surface area contributed by atoms with Crippen LogP contribution in [0.15, 0.2) is 12.7 Å². The number of carbonyl (C=O) groups is 1. The third-order valence-corrected chi connectivity index (χ3v) is 1.33. The molecule has 0 rings (SSSR count). The summed E-state index contributed by atoms with van der Waals surface area (Å²) in [6.07, 6.45) is 3.31. The molecule has 0 N–H and O–H groups in total. The number of carbonyl (C=O) groups excluding carboxylic acids is 1. The molecule has 10 heavy (non-hydrogen) atoms. The first-order chi connectivity index (χ1) is 4.76. The zero-order chi connectivity index (χ0) is 7.98. The van der Waals surface area contributed by atoms with Gasteiger partial charge in [0.25, 0.3) is 6.57 Å². The van der Waals surface area contributed by atoms with Gasteiger partial charge < -0.3 is 0 Å². The highest BCUT2D eigenvalue weighted by atomic mass is 16.1. The van der Waals surface area contributed by atoms with Crippen LogP contribution in [0.25, 0.3) is 4.85 Å². The molecule has 0 saturated heterocycles. The van der Waals surface area contributed by atoms with Crippen LogP contribution in [0.1, 0.15) is 19.8 Å². The maximum atomic E-state index is 10.8. The summed E-state index contributed by atoms with van der Waals surface area (Å²) < 4.78 is 0. The van der Waals surface area contributed by atoms with E-state index in [0.717, 1.165) is 12.8 Å². The molecule has 0 aliphatic heterocycles. The van der Waals surface area contributed by atoms with Crippen molar-refractivity contribution in [2.75, 3.05) is 0 Å². The van der Waals surface area contributed by atoms with Gasteiger partial charge in [-0.1, -0.05) is 19.4 Å². The van der Waals surface area contributed by atoms with Crippen molar-refractivity contribution in [2.24, 2.45) is 5.92 Å². The molecule has 0 bridgehead atoms. The van der Waals surface area contributed by atoms with E-state index in [1.165, 1.54) is 0 Å². The Morgan fingerprint density at radius 1 is 1.90 bits per heavy atom. The lowest BCUT2D eigenvalue weighted by atomic mass is 10.0. The molecule has 2 nitrogen and oxygen atoms in total. The Bertz CT molecular complexity index is 167. The molecule has 0 radical (unpaired) electrons. The highest BCUT2D eigenvalue weighted by Crippen LogP contribution is 2.08. The second kappa shape index (κ2) is 4.75. The van der Waals surface area contributed by atoms with Gasteiger partial charge in [-0.25, -0.2) is 0 Å². The number of amides is 1. The SMILES string of the molecule is C#[N+]C(=O)C(C=C)CCC. The molecule has 54 valence electrons. The minimum Gasteiger partial charge on any atom is -0.200 e. The molecular weight excluding hydrogens is 126 g/mol. The lowest BCUT2D eigenvalue weighted by molar-refractivity contribution is -0.117. The van der Waals surface area contributed by atoms with Crippen LogP contribution in [-0.4, -0.2) is 5.91 Å². The molecule has 2 heteroatoms. The first kappa shape index (κ1) is 8.90. The van der Waals surface area contributed by atoms with E-state index in [9.17, 15) is 4.79 Å². The zero-order valence-corrected chi connectivity index (χ0v) is 6.21. The summed E-state index contributed by atoms with van der Waals surface area (Å²) in [4.78, 5) is 13.8. The molecule has 0 heterocycles. The second-order valence-electron chi connectivity index (χ2n) is 2.10. The number of rotatable bonds is 4. The normalized spacial score (nSPS) is 11.6. The third-order valence-electron chi connectivity index (χ3n) is 1.33. The Morgan fingerprint density at radius 3 is 2.80 bits per heavy atom. The number of nitrogens with zero attached hydrogens (tertiary/aromatic N) is 1. The number of hydrogen-bond donors (Lipinski definition) is 0. The molecule has 0 aromatic carbocycles. The van der Waals surface area contributed by atoms with Gasteiger partial charge in [0.15, 0.2) is 0 Å². The summed E-state index contributed by atoms with van der Waals surface area (Å²) in [6, 6.07) is 0. The van der Waals surface area contributed by atoms with Gasteiger partial charge in [0.1, 0.15) is 5.92 Å². The standard InChI is InChI=1S/C8H12NO/c1-4-6-7(5-2)8(10)9-3/h3,5,7H,2,4,6H2,1H3/q+1. The zero-order valence-electron chi connectivity index (χ0n) is 6.21. The quantitative estimate of drug-likeness (QED) is 0.545. The first-order valence-corrected chi connectivity index (χ1v) is 3.33. The molecule has 0 aromatic heterocycles. The fraction of sp³-hybridized carbons (Fsp3) is 0.500. The average Bonchev–Trinajstić information content (AvgIpc) is 1.99. The van der Waals surface area contributed by atoms with E-state index in [1.54, 1.807) is 6.08 Å². The van der Waals surface area contributed by atoms with Crippen LogP contribution in [0, 0.1) is 12.5 Å². The third kappa shape index (κ3) is 2.45. The maximum absolute atomic E-state index is 10.8. The van der Waals surface area contributed by atoms with Gasteiger partial charge >= 0.3 is 5.91 Å². The molecule has 0 aliphatic rings. The summed E-state index contributed by atoms with van der Waals surface area (Å²) in [5, 5.41) is 0. The Morgan fingerprint density at radius 2 is 2.50 bits per heavy atom. The van der Waals surface area contributed by atoms with Crippen molar-refractivity contribution >= 4 is 5.91 Å². The largest absolute Gasteiger partial charge is 0.521 e. The van der Waals surface area contributed by atoms with E-state index in [2.05, 4.69) is 11.4 Å². The fourth-order valence-electron chi connectivity index (χ4n) is 0.749. The summed E-state index contributed by atoms with van der Waals surface area (Å²) in [5.74, 6) is -0.466. The topological polar surface area (TPSA) is 21.4 Å². The van der Waals surface area contributed by atoms with Gasteiger partial charge in [-0.15, -0.1) is 6.58 Å². The highest BCUT2D eigenvalue weighted by Gasteiger charge is 2.21. The highest BCUT2D eigenvalue weighted by molar-refractivity contribution is 5.89. The second-order valence-corrected chi connectivity index (χ2v) is 2.10. The van der Waals surface area contributed by atoms with Crippen LogP contribution in [0.3, 0.4) is 0 Å². The van der Waals surface area contributed by atoms with E-state index < -0.39 is 0 Å². The summed E-state index contributed by atoms with van der Waals surface area (Å²) in [6.45, 7) is 10.3. The van der Waals surface area contributed by atoms with Gasteiger partial charge in [0.2, 0.25) is 0 Å². The molecule has 1 unspecified atom stereocenters. The van der Waals surface area contributed by atoms with Gasteiger partial charge in [0, 0.05) is 4.85 Å². The predicted molar refractivity (Wildman–Crippen MR) is 41.9 cm³/mol. The molecule has 0 fully saturated rings. The van der Waals surface area contributed by atoms with Crippen molar-refractivity contribution in [3.05, 3.63) is 17.5 Å². The molecule has 0 saturated carbocycles. The summed E-state index contributed by atoms with van der Waals surface area (Å²) >= 11 is 0. The summed E-state index contributed by atoms with van der Waals surface area (Å²) in [7, 11) is 0. The van der Waals surface area contributed by atoms with Gasteiger partial charge in [0.05, 0.1) is 0 Å². The Hall–Kier alpha value is -1.10. The van der Waals surface area contributed by atoms with E-state index in [-0.39, 0.29) is 11.8 Å². The number of hydrogen-bond acceptors (Lipinski definition) is 1. The van der Waals surface area contributed by atoms with E-state index in [0.29, 0.717) is 0 Å². The molecule has 1 amide bonds. The van der Waals surface area contributed by atoms with Crippen molar-refractivity contribution < 1.29 is 4.79 Å². The molecule has 0 aliphatic carbocycles. The van der Waals surface area contributed by atoms with E-state index in [1.807, 2.05) is 6.92 Å². The summed E-state index contributed by atoms with van der Waals surface area (Å²) in [5.41, 5.74) is 0. The Labute approximate surface area is 61.4 Å². The van der Waals surface area contributed by atoms with Crippen LogP contribution in [0.2, 0.25) is 0 Å². The van der Waals surface area contributed by atoms with Gasteiger partial charge in [-0.2, -0.15) is 4.79 Å². The average molecular weight is 138 g/mol. The lowest BCUT2D eigenvalue weighted by Crippen LogP contribution is -2.06. The predicted octanol–water partition coefficient (Wildman–Crippen LogP) is 2.08. The smallest absolute Gasteiger partial charge is 0.200 e. The van der Waals surface area contributed by atoms with Crippen LogP contribution in [0.5, 0.6) is 0 Å². The monoisotopic (exact) mass is 138 g/mol. The van der Waals surface area contributed by atoms with Crippen LogP contribution in [0.4, 0.5) is 0 Å². The maximum Gasteiger partial charge on any atom is 0.521 e. The fourth-order valence-corrected chi connectivity index (χ4v) is 0.749. The van der Waals surface area contributed by atoms with E-state index >= 15 is 0 Å². The van der Waals surface area contributed by atoms with E-state index in [4.69, 9.17) is 6.57 Å². The first-order valence-electron chi connectivity index (χ1n) is 3.33. The van der Waals surface area contributed by atoms with Crippen molar-refractivity contribution in [3.8, 4) is 6.57 Å². The molecule has 1 atom stereocenters. The van der Waals surface area contributed by atoms with Crippen molar-refractivity contribution in [1.29, 1.82) is 0 Å². The van der Waals surface area contributed by atoms with Crippen molar-refractivity contribution in [3.63, 3.8) is 0 Å². The van der Waals surface area contributed by atoms with Gasteiger partial charge in [-0.05, 0) is 6.42 Å². The minimum atomic E-state index is -0.281. The van der Waals surface area contributed by atoms with Crippen molar-refractivity contribution in [1.82, 2.24) is 0 Å². The minimum absolute atomic E-state index is 0.185. The van der Waals surface area contributed by atoms with Crippen LogP contribution >= 0.6 is 0 Å². The van der Waals surface area contributed by atoms with Gasteiger partial charge in [-0.3, -0.25) is 0 Å². The Kier molecular flexibility index (Phi) is 4.23. The Balaban J connectivity index is 3.96. The van der Waals surface area contributed by atoms with Crippen LogP contribution < -0.4 is 0 Å². The molecular formula is C8H12NO+. The van der Waals surface area contributed by atoms with Crippen molar-refractivity contribution in [2.45, 2.75) is 19.8 Å². The van der Waals surface area contributed by atoms with Crippen LogP contribution in [-0.2, 0) is 4.79 Å².